The van der Waals surface area contributed by atoms with Gasteiger partial charge in [-0.1, -0.05) is 33.6 Å². The molecule has 0 aromatic carbocycles. The fraction of sp³-hybridized carbons (Fsp3) is 0.857. The van der Waals surface area contributed by atoms with Crippen molar-refractivity contribution >= 4 is 25.2 Å². The van der Waals surface area contributed by atoms with E-state index >= 15 is 0 Å². The van der Waals surface area contributed by atoms with Gasteiger partial charge in [0.05, 0.1) is 13.5 Å². The Balaban J connectivity index is 0.00000289. The molecule has 0 amide bonds. The summed E-state index contributed by atoms with van der Waals surface area (Å²) in [6.07, 6.45) is 4.75. The molecule has 1 saturated carbocycles. The van der Waals surface area contributed by atoms with E-state index in [1.807, 2.05) is 20.8 Å². The molecule has 0 heterocycles. The smallest absolute Gasteiger partial charge is 0.306 e. The second kappa shape index (κ2) is 7.17. The molecule has 1 rings (SSSR count). The van der Waals surface area contributed by atoms with Crippen LogP contribution in [0.5, 0.6) is 0 Å². The highest BCUT2D eigenvalue weighted by Crippen LogP contribution is 2.37. The molecule has 0 unspecified atom stereocenters. The van der Waals surface area contributed by atoms with Crippen LogP contribution in [0.25, 0.3) is 0 Å². The van der Waals surface area contributed by atoms with E-state index in [9.17, 15) is 9.59 Å². The van der Waals surface area contributed by atoms with Crippen LogP contribution < -0.4 is 0 Å². The van der Waals surface area contributed by atoms with Gasteiger partial charge >= 0.3 is 5.97 Å². The molecule has 0 aliphatic heterocycles. The third kappa shape index (κ3) is 4.63. The molecule has 0 N–H and O–H groups in total. The first-order valence-corrected chi connectivity index (χ1v) is 6.47. The van der Waals surface area contributed by atoms with Crippen LogP contribution in [0.3, 0.4) is 0 Å². The van der Waals surface area contributed by atoms with E-state index in [1.165, 1.54) is 20.0 Å². The van der Waals surface area contributed by atoms with Gasteiger partial charge in [-0.15, -0.1) is 0 Å². The van der Waals surface area contributed by atoms with Crippen LogP contribution in [0.4, 0.5) is 0 Å². The second-order valence-corrected chi connectivity index (χ2v) is 6.05. The number of hydrogen-bond acceptors (Lipinski definition) is 3. The van der Waals surface area contributed by atoms with Gasteiger partial charge in [0, 0.05) is 11.3 Å². The Kier molecular flexibility index (Phi) is 6.97. The van der Waals surface area contributed by atoms with Gasteiger partial charge in [0.25, 0.3) is 0 Å². The maximum Gasteiger partial charge on any atom is 0.306 e. The normalized spacial score (nSPS) is 18.0. The summed E-state index contributed by atoms with van der Waals surface area (Å²) in [7, 11) is 1.38. The average molecular weight is 274 g/mol. The van der Waals surface area contributed by atoms with Gasteiger partial charge in [-0.3, -0.25) is 9.59 Å². The van der Waals surface area contributed by atoms with E-state index in [-0.39, 0.29) is 43.0 Å². The molecule has 0 bridgehead atoms. The number of carbonyl (C=O) groups is 2. The summed E-state index contributed by atoms with van der Waals surface area (Å²) in [5.41, 5.74) is -0.374. The fourth-order valence-corrected chi connectivity index (χ4v) is 2.65. The van der Waals surface area contributed by atoms with Gasteiger partial charge < -0.3 is 4.74 Å². The largest absolute Gasteiger partial charge is 0.469 e. The summed E-state index contributed by atoms with van der Waals surface area (Å²) in [4.78, 5) is 23.8. The monoisotopic (exact) mass is 274 g/mol. The van der Waals surface area contributed by atoms with E-state index in [2.05, 4.69) is 0 Å². The molecule has 1 aliphatic rings. The first-order chi connectivity index (χ1) is 7.86. The number of methoxy groups -OCH3 is 1. The van der Waals surface area contributed by atoms with Crippen LogP contribution in [-0.2, 0) is 14.3 Å². The zero-order valence-electron chi connectivity index (χ0n) is 11.9. The maximum absolute atomic E-state index is 12.4. The van der Waals surface area contributed by atoms with Crippen molar-refractivity contribution in [2.75, 3.05) is 7.11 Å². The number of hydrogen-bond donors (Lipinski definition) is 0. The minimum absolute atomic E-state index is 0. The quantitative estimate of drug-likeness (QED) is 0.740. The predicted octanol–water partition coefficient (Wildman–Crippen LogP) is 3.08. The molecule has 1 fully saturated rings. The van der Waals surface area contributed by atoms with E-state index in [4.69, 9.17) is 4.74 Å². The van der Waals surface area contributed by atoms with Crippen LogP contribution in [0.2, 0.25) is 0 Å². The average Bonchev–Trinajstić information content (AvgIpc) is 2.76. The van der Waals surface area contributed by atoms with Crippen LogP contribution in [-0.4, -0.2) is 18.9 Å². The third-order valence-corrected chi connectivity index (χ3v) is 3.66. The molecule has 1 aliphatic carbocycles. The molecule has 18 heavy (non-hydrogen) atoms. The molecule has 1 atom stereocenters. The first-order valence-electron chi connectivity index (χ1n) is 6.47. The van der Waals surface area contributed by atoms with Gasteiger partial charge in [0.2, 0.25) is 0 Å². The topological polar surface area (TPSA) is 43.4 Å². The Morgan fingerprint density at radius 1 is 1.22 bits per heavy atom. The number of esters is 1. The van der Waals surface area contributed by atoms with Crippen molar-refractivity contribution in [1.29, 1.82) is 0 Å². The zero-order chi connectivity index (χ0) is 13.1. The van der Waals surface area contributed by atoms with Gasteiger partial charge in [-0.05, 0) is 18.8 Å². The highest BCUT2D eigenvalue weighted by atomic mass is 32.1. The minimum Gasteiger partial charge on any atom is -0.469 e. The van der Waals surface area contributed by atoms with Crippen LogP contribution in [0.15, 0.2) is 0 Å². The van der Waals surface area contributed by atoms with Crippen LogP contribution >= 0.6 is 13.5 Å². The van der Waals surface area contributed by atoms with Crippen molar-refractivity contribution < 1.29 is 14.3 Å². The van der Waals surface area contributed by atoms with E-state index < -0.39 is 0 Å². The summed E-state index contributed by atoms with van der Waals surface area (Å²) < 4.78 is 4.71. The van der Waals surface area contributed by atoms with Crippen molar-refractivity contribution in [2.45, 2.75) is 52.9 Å². The number of Topliss-reactive ketones (excluding diaryl/α,β-unsaturated/α-hetero) is 1. The van der Waals surface area contributed by atoms with Crippen LogP contribution in [0, 0.1) is 17.3 Å². The summed E-state index contributed by atoms with van der Waals surface area (Å²) in [5, 5.41) is 0. The van der Waals surface area contributed by atoms with Crippen molar-refractivity contribution in [2.24, 2.45) is 17.3 Å². The lowest BCUT2D eigenvalue weighted by molar-refractivity contribution is -0.146. The number of ether oxygens (including phenoxy) is 1. The first kappa shape index (κ1) is 17.5. The standard InChI is InChI=1S/C14H24O3.H2S/c1-14(2,3)13(16)11(9-12(15)17-4)10-7-5-6-8-10;/h10-11H,5-9H2,1-4H3;1H2/t11-;/m0./s1. The van der Waals surface area contributed by atoms with Crippen LogP contribution in [0.1, 0.15) is 52.9 Å². The Morgan fingerprint density at radius 2 is 1.72 bits per heavy atom. The van der Waals surface area contributed by atoms with Gasteiger partial charge in [0.1, 0.15) is 5.78 Å². The SMILES string of the molecule is COC(=O)C[C@H](C(=O)C(C)(C)C)C1CCCC1.S. The van der Waals surface area contributed by atoms with Gasteiger partial charge in [-0.2, -0.15) is 13.5 Å². The van der Waals surface area contributed by atoms with Crippen molar-refractivity contribution in [3.05, 3.63) is 0 Å². The Labute approximate surface area is 117 Å². The van der Waals surface area contributed by atoms with E-state index in [0.29, 0.717) is 5.92 Å². The lowest BCUT2D eigenvalue weighted by Gasteiger charge is -2.28. The Morgan fingerprint density at radius 3 is 2.11 bits per heavy atom. The molecule has 0 saturated heterocycles. The number of ketones is 1. The highest BCUT2D eigenvalue weighted by Gasteiger charge is 2.37. The molecular formula is C14H26O3S. The Bertz CT molecular complexity index is 288. The lowest BCUT2D eigenvalue weighted by atomic mass is 9.75. The fourth-order valence-electron chi connectivity index (χ4n) is 2.65. The summed E-state index contributed by atoms with van der Waals surface area (Å²) in [6, 6.07) is 0. The zero-order valence-corrected chi connectivity index (χ0v) is 12.9. The lowest BCUT2D eigenvalue weighted by Crippen LogP contribution is -2.34. The molecular weight excluding hydrogens is 248 g/mol. The summed E-state index contributed by atoms with van der Waals surface area (Å²) in [5.74, 6) is 0.167. The molecule has 3 nitrogen and oxygen atoms in total. The van der Waals surface area contributed by atoms with Gasteiger partial charge in [0.15, 0.2) is 0 Å². The molecule has 0 aromatic rings. The molecule has 0 aromatic heterocycles. The van der Waals surface area contributed by atoms with Gasteiger partial charge in [-0.25, -0.2) is 0 Å². The minimum atomic E-state index is -0.374. The number of carbonyl (C=O) groups excluding carboxylic acids is 2. The summed E-state index contributed by atoms with van der Waals surface area (Å²) in [6.45, 7) is 5.78. The maximum atomic E-state index is 12.4. The molecule has 0 spiro atoms. The molecule has 106 valence electrons. The van der Waals surface area contributed by atoms with Crippen molar-refractivity contribution in [3.63, 3.8) is 0 Å². The molecule has 4 heteroatoms. The van der Waals surface area contributed by atoms with Crippen molar-refractivity contribution in [1.82, 2.24) is 0 Å². The summed E-state index contributed by atoms with van der Waals surface area (Å²) >= 11 is 0. The third-order valence-electron chi connectivity index (χ3n) is 3.66. The van der Waals surface area contributed by atoms with E-state index in [1.54, 1.807) is 0 Å². The predicted molar refractivity (Wildman–Crippen MR) is 76.9 cm³/mol. The number of rotatable bonds is 4. The van der Waals surface area contributed by atoms with Crippen molar-refractivity contribution in [3.8, 4) is 0 Å². The second-order valence-electron chi connectivity index (χ2n) is 6.05. The highest BCUT2D eigenvalue weighted by molar-refractivity contribution is 7.59. The Hall–Kier alpha value is -0.510. The van der Waals surface area contributed by atoms with E-state index in [0.717, 1.165) is 12.8 Å². The molecule has 0 radical (unpaired) electrons.